The Morgan fingerprint density at radius 2 is 1.78 bits per heavy atom. The molecular weight excluding hydrogens is 588 g/mol. The van der Waals surface area contributed by atoms with Gasteiger partial charge < -0.3 is 18.6 Å². The van der Waals surface area contributed by atoms with E-state index in [4.69, 9.17) is 23.6 Å². The van der Waals surface area contributed by atoms with Crippen LogP contribution in [0.15, 0.2) is 112 Å². The Morgan fingerprint density at radius 1 is 0.978 bits per heavy atom. The number of fused-ring (bicyclic) bond motifs is 2. The molecule has 11 nitrogen and oxygen atoms in total. The van der Waals surface area contributed by atoms with E-state index in [1.165, 1.54) is 30.1 Å². The monoisotopic (exact) mass is 616 g/mol. The number of nitro groups is 1. The molecule has 0 amide bonds. The summed E-state index contributed by atoms with van der Waals surface area (Å²) in [6.07, 6.45) is 3.69. The Kier molecular flexibility index (Phi) is 8.29. The highest BCUT2D eigenvalue weighted by Crippen LogP contribution is 2.35. The molecule has 0 atom stereocenters. The van der Waals surface area contributed by atoms with Gasteiger partial charge in [-0.05, 0) is 60.0 Å². The normalized spacial score (nSPS) is 11.3. The summed E-state index contributed by atoms with van der Waals surface area (Å²) in [4.78, 5) is 29.3. The maximum atomic E-state index is 13.8. The molecule has 0 unspecified atom stereocenters. The SMILES string of the molecule is C=CCc1cc(C=Nn2c(-c3cc4c(OC)cccc4o3)nc3ccccc3c2=O)cc(OC)c1OCc1cccc([N+](=O)[O-])c1. The molecule has 46 heavy (non-hydrogen) atoms. The van der Waals surface area contributed by atoms with Crippen LogP contribution in [0.5, 0.6) is 17.2 Å². The number of benzene rings is 4. The fourth-order valence-electron chi connectivity index (χ4n) is 5.13. The van der Waals surface area contributed by atoms with Crippen molar-refractivity contribution in [3.8, 4) is 28.8 Å². The van der Waals surface area contributed by atoms with E-state index < -0.39 is 4.92 Å². The molecular formula is C35H28N4O7. The van der Waals surface area contributed by atoms with Gasteiger partial charge in [0, 0.05) is 17.7 Å². The molecule has 0 aliphatic carbocycles. The number of rotatable bonds is 11. The number of aromatic nitrogens is 2. The molecule has 0 spiro atoms. The molecule has 6 aromatic rings. The van der Waals surface area contributed by atoms with Crippen molar-refractivity contribution in [2.45, 2.75) is 13.0 Å². The van der Waals surface area contributed by atoms with Gasteiger partial charge in [-0.25, -0.2) is 4.98 Å². The molecule has 0 N–H and O–H groups in total. The fourth-order valence-corrected chi connectivity index (χ4v) is 5.13. The van der Waals surface area contributed by atoms with Gasteiger partial charge in [0.1, 0.15) is 17.9 Å². The van der Waals surface area contributed by atoms with Crippen LogP contribution in [0.1, 0.15) is 16.7 Å². The minimum atomic E-state index is -0.450. The number of hydrogen-bond acceptors (Lipinski definition) is 9. The van der Waals surface area contributed by atoms with Crippen molar-refractivity contribution in [1.82, 2.24) is 9.66 Å². The van der Waals surface area contributed by atoms with Crippen LogP contribution in [0.4, 0.5) is 5.69 Å². The Labute approximate surface area is 262 Å². The highest BCUT2D eigenvalue weighted by molar-refractivity contribution is 5.89. The minimum Gasteiger partial charge on any atom is -0.496 e. The summed E-state index contributed by atoms with van der Waals surface area (Å²) in [6, 6.07) is 24.1. The van der Waals surface area contributed by atoms with Gasteiger partial charge in [0.25, 0.3) is 11.2 Å². The summed E-state index contributed by atoms with van der Waals surface area (Å²) in [7, 11) is 3.09. The topological polar surface area (TPSA) is 131 Å². The standard InChI is InChI=1S/C35H28N4O7/c1-4-9-24-16-23(18-31(44-3)33(24)45-21-22-10-7-11-25(17-22)39(41)42)20-36-38-34(37-28-13-6-5-12-26(28)35(38)40)32-19-27-29(43-2)14-8-15-30(27)46-32/h4-8,10-20H,1,9,21H2,2-3H3. The smallest absolute Gasteiger partial charge is 0.282 e. The third kappa shape index (κ3) is 5.81. The maximum absolute atomic E-state index is 13.8. The lowest BCUT2D eigenvalue weighted by Gasteiger charge is -2.16. The lowest BCUT2D eigenvalue weighted by atomic mass is 10.1. The third-order valence-corrected chi connectivity index (χ3v) is 7.28. The van der Waals surface area contributed by atoms with Crippen molar-refractivity contribution in [2.75, 3.05) is 14.2 Å². The number of para-hydroxylation sites is 1. The molecule has 2 aromatic heterocycles. The van der Waals surface area contributed by atoms with Crippen LogP contribution in [0.3, 0.4) is 0 Å². The molecule has 4 aromatic carbocycles. The fraction of sp³-hybridized carbons (Fsp3) is 0.114. The van der Waals surface area contributed by atoms with Crippen LogP contribution in [-0.4, -0.2) is 35.0 Å². The molecule has 11 heteroatoms. The molecule has 0 aliphatic rings. The predicted molar refractivity (Wildman–Crippen MR) is 175 cm³/mol. The summed E-state index contributed by atoms with van der Waals surface area (Å²) < 4.78 is 24.6. The largest absolute Gasteiger partial charge is 0.496 e. The van der Waals surface area contributed by atoms with E-state index >= 15 is 0 Å². The number of hydrogen-bond donors (Lipinski definition) is 0. The Balaban J connectivity index is 1.41. The summed E-state index contributed by atoms with van der Waals surface area (Å²) >= 11 is 0. The van der Waals surface area contributed by atoms with Crippen LogP contribution in [-0.2, 0) is 13.0 Å². The van der Waals surface area contributed by atoms with E-state index in [9.17, 15) is 14.9 Å². The van der Waals surface area contributed by atoms with Crippen LogP contribution >= 0.6 is 0 Å². The summed E-state index contributed by atoms with van der Waals surface area (Å²) in [5.41, 5.74) is 2.67. The maximum Gasteiger partial charge on any atom is 0.282 e. The number of non-ortho nitro benzene ring substituents is 1. The van der Waals surface area contributed by atoms with E-state index in [1.807, 2.05) is 30.3 Å². The first-order valence-electron chi connectivity index (χ1n) is 14.2. The van der Waals surface area contributed by atoms with E-state index in [0.29, 0.717) is 57.0 Å². The summed E-state index contributed by atoms with van der Waals surface area (Å²) in [6.45, 7) is 3.95. The molecule has 0 bridgehead atoms. The predicted octanol–water partition coefficient (Wildman–Crippen LogP) is 6.92. The van der Waals surface area contributed by atoms with Gasteiger partial charge in [0.15, 0.2) is 17.3 Å². The first-order valence-corrected chi connectivity index (χ1v) is 14.2. The van der Waals surface area contributed by atoms with Crippen molar-refractivity contribution < 1.29 is 23.6 Å². The average Bonchev–Trinajstić information content (AvgIpc) is 3.52. The van der Waals surface area contributed by atoms with Gasteiger partial charge in [-0.2, -0.15) is 9.78 Å². The Morgan fingerprint density at radius 3 is 2.57 bits per heavy atom. The second kappa shape index (κ2) is 12.8. The van der Waals surface area contributed by atoms with Crippen molar-refractivity contribution >= 4 is 33.8 Å². The molecule has 6 rings (SSSR count). The van der Waals surface area contributed by atoms with Gasteiger partial charge in [-0.1, -0.05) is 36.4 Å². The Bertz CT molecular complexity index is 2200. The van der Waals surface area contributed by atoms with Gasteiger partial charge in [-0.15, -0.1) is 6.58 Å². The minimum absolute atomic E-state index is 0.0227. The second-order valence-electron chi connectivity index (χ2n) is 10.2. The molecule has 0 fully saturated rings. The molecule has 230 valence electrons. The average molecular weight is 617 g/mol. The first-order chi connectivity index (χ1) is 22.4. The number of allylic oxidation sites excluding steroid dienone is 1. The van der Waals surface area contributed by atoms with E-state index in [2.05, 4.69) is 11.7 Å². The van der Waals surface area contributed by atoms with Gasteiger partial charge >= 0.3 is 0 Å². The van der Waals surface area contributed by atoms with Crippen molar-refractivity contribution in [3.05, 3.63) is 135 Å². The van der Waals surface area contributed by atoms with Crippen LogP contribution < -0.4 is 19.8 Å². The van der Waals surface area contributed by atoms with Crippen LogP contribution in [0, 0.1) is 10.1 Å². The zero-order valence-corrected chi connectivity index (χ0v) is 25.0. The lowest BCUT2D eigenvalue weighted by Crippen LogP contribution is -2.20. The zero-order valence-electron chi connectivity index (χ0n) is 25.0. The number of ether oxygens (including phenoxy) is 3. The molecule has 2 heterocycles. The lowest BCUT2D eigenvalue weighted by molar-refractivity contribution is -0.384. The number of nitrogens with zero attached hydrogens (tertiary/aromatic N) is 4. The van der Waals surface area contributed by atoms with E-state index in [-0.39, 0.29) is 23.7 Å². The molecule has 0 aliphatic heterocycles. The van der Waals surface area contributed by atoms with Gasteiger partial charge in [0.2, 0.25) is 5.82 Å². The van der Waals surface area contributed by atoms with Gasteiger partial charge in [-0.3, -0.25) is 14.9 Å². The number of nitro benzene ring substituents is 1. The molecule has 0 radical (unpaired) electrons. The Hall–Kier alpha value is -6.23. The van der Waals surface area contributed by atoms with Gasteiger partial charge in [0.05, 0.1) is 41.6 Å². The second-order valence-corrected chi connectivity index (χ2v) is 10.2. The highest BCUT2D eigenvalue weighted by Gasteiger charge is 2.19. The molecule has 0 saturated carbocycles. The number of methoxy groups -OCH3 is 2. The number of furan rings is 1. The summed E-state index contributed by atoms with van der Waals surface area (Å²) in [5.74, 6) is 2.07. The van der Waals surface area contributed by atoms with Crippen molar-refractivity contribution in [3.63, 3.8) is 0 Å². The van der Waals surface area contributed by atoms with Crippen LogP contribution in [0.2, 0.25) is 0 Å². The first kappa shape index (κ1) is 29.8. The van der Waals surface area contributed by atoms with Crippen molar-refractivity contribution in [2.24, 2.45) is 5.10 Å². The van der Waals surface area contributed by atoms with E-state index in [1.54, 1.807) is 55.7 Å². The molecule has 0 saturated heterocycles. The van der Waals surface area contributed by atoms with Crippen molar-refractivity contribution in [1.29, 1.82) is 0 Å². The summed E-state index contributed by atoms with van der Waals surface area (Å²) in [5, 5.41) is 16.9. The van der Waals surface area contributed by atoms with E-state index in [0.717, 1.165) is 10.9 Å². The third-order valence-electron chi connectivity index (χ3n) is 7.28. The highest BCUT2D eigenvalue weighted by atomic mass is 16.6. The van der Waals surface area contributed by atoms with Crippen LogP contribution in [0.25, 0.3) is 33.5 Å². The zero-order chi connectivity index (χ0) is 32.2. The quantitative estimate of drug-likeness (QED) is 0.0663.